The summed E-state index contributed by atoms with van der Waals surface area (Å²) in [4.78, 5) is 22.8. The molecule has 0 spiro atoms. The highest BCUT2D eigenvalue weighted by molar-refractivity contribution is 5.91. The van der Waals surface area contributed by atoms with Crippen LogP contribution in [0.5, 0.6) is 0 Å². The number of nitrogens with one attached hydrogen (secondary N) is 1. The number of allylic oxidation sites excluding steroid dienone is 2. The second kappa shape index (κ2) is 6.46. The van der Waals surface area contributed by atoms with Crippen molar-refractivity contribution in [2.24, 2.45) is 5.92 Å². The van der Waals surface area contributed by atoms with Gasteiger partial charge < -0.3 is 15.2 Å². The number of ether oxygens (including phenoxy) is 1. The highest BCUT2D eigenvalue weighted by Crippen LogP contribution is 2.43. The van der Waals surface area contributed by atoms with Crippen LogP contribution >= 0.6 is 0 Å². The van der Waals surface area contributed by atoms with Gasteiger partial charge in [-0.3, -0.25) is 0 Å². The van der Waals surface area contributed by atoms with Gasteiger partial charge in [-0.05, 0) is 57.9 Å². The van der Waals surface area contributed by atoms with Gasteiger partial charge >= 0.3 is 12.1 Å². The van der Waals surface area contributed by atoms with E-state index >= 15 is 0 Å². The van der Waals surface area contributed by atoms with Gasteiger partial charge in [-0.2, -0.15) is 0 Å². The van der Waals surface area contributed by atoms with E-state index in [1.807, 2.05) is 0 Å². The Bertz CT molecular complexity index is 627. The van der Waals surface area contributed by atoms with Gasteiger partial charge in [-0.25, -0.2) is 9.59 Å². The summed E-state index contributed by atoms with van der Waals surface area (Å²) < 4.78 is 5.46. The average molecular weight is 331 g/mol. The van der Waals surface area contributed by atoms with Crippen molar-refractivity contribution in [1.29, 1.82) is 0 Å². The molecule has 1 aliphatic heterocycles. The first-order valence-corrected chi connectivity index (χ1v) is 8.65. The summed E-state index contributed by atoms with van der Waals surface area (Å²) in [5.74, 6) is -0.262. The molecule has 2 N–H and O–H groups in total. The minimum atomic E-state index is -0.949. The van der Waals surface area contributed by atoms with E-state index in [-0.39, 0.29) is 23.5 Å². The van der Waals surface area contributed by atoms with Crippen LogP contribution in [0.2, 0.25) is 0 Å². The van der Waals surface area contributed by atoms with Crippen molar-refractivity contribution in [3.8, 4) is 0 Å². The number of rotatable bonds is 3. The van der Waals surface area contributed by atoms with Gasteiger partial charge in [0.05, 0.1) is 0 Å². The molecule has 24 heavy (non-hydrogen) atoms. The van der Waals surface area contributed by atoms with Crippen molar-refractivity contribution in [1.82, 2.24) is 5.32 Å². The summed E-state index contributed by atoms with van der Waals surface area (Å²) in [6.45, 7) is 5.97. The van der Waals surface area contributed by atoms with Crippen LogP contribution in [0.1, 0.15) is 51.9 Å². The zero-order valence-corrected chi connectivity index (χ0v) is 14.1. The van der Waals surface area contributed by atoms with Gasteiger partial charge in [0.15, 0.2) is 0 Å². The Morgan fingerprint density at radius 2 is 2.21 bits per heavy atom. The van der Waals surface area contributed by atoms with Crippen LogP contribution in [-0.4, -0.2) is 28.8 Å². The van der Waals surface area contributed by atoms with Crippen LogP contribution in [0.3, 0.4) is 0 Å². The van der Waals surface area contributed by atoms with E-state index < -0.39 is 6.09 Å². The van der Waals surface area contributed by atoms with E-state index in [0.29, 0.717) is 5.57 Å². The molecule has 3 aliphatic rings. The molecule has 0 aromatic carbocycles. The van der Waals surface area contributed by atoms with Crippen LogP contribution < -0.4 is 5.32 Å². The third-order valence-corrected chi connectivity index (χ3v) is 5.34. The predicted molar refractivity (Wildman–Crippen MR) is 90.6 cm³/mol. The molecule has 1 amide bonds. The SMILES string of the molecule is C=C1C(=O)O[C@@H]2C=C(C)CCC=C(CC3(NC(=O)O)CC3)CC[C@H]12. The molecule has 2 atom stereocenters. The molecular formula is C19H25NO4. The van der Waals surface area contributed by atoms with Crippen molar-refractivity contribution in [2.45, 2.75) is 63.5 Å². The van der Waals surface area contributed by atoms with Crippen LogP contribution in [0.25, 0.3) is 0 Å². The zero-order valence-electron chi connectivity index (χ0n) is 14.1. The van der Waals surface area contributed by atoms with E-state index in [1.165, 1.54) is 11.1 Å². The zero-order chi connectivity index (χ0) is 17.3. The van der Waals surface area contributed by atoms with Crippen LogP contribution in [0, 0.1) is 5.92 Å². The lowest BCUT2D eigenvalue weighted by Crippen LogP contribution is -2.36. The Hall–Kier alpha value is -2.04. The molecule has 130 valence electrons. The minimum Gasteiger partial charge on any atom is -0.465 e. The standard InChI is InChI=1S/C19H25NO4/c1-12-4-3-5-14(11-19(8-9-19)20-18(22)23)6-7-15-13(2)17(21)24-16(15)10-12/h5,10,15-16,20H,2-4,6-9,11H2,1H3,(H,22,23)/t15-,16-/m1/s1. The van der Waals surface area contributed by atoms with Crippen LogP contribution in [0.4, 0.5) is 4.79 Å². The van der Waals surface area contributed by atoms with Gasteiger partial charge in [0.2, 0.25) is 0 Å². The lowest BCUT2D eigenvalue weighted by atomic mass is 9.86. The fourth-order valence-corrected chi connectivity index (χ4v) is 3.75. The number of carbonyl (C=O) groups is 2. The quantitative estimate of drug-likeness (QED) is 0.469. The Balaban J connectivity index is 1.73. The highest BCUT2D eigenvalue weighted by Gasteiger charge is 2.45. The van der Waals surface area contributed by atoms with Crippen molar-refractivity contribution in [3.05, 3.63) is 35.5 Å². The largest absolute Gasteiger partial charge is 0.465 e. The van der Waals surface area contributed by atoms with E-state index in [4.69, 9.17) is 9.84 Å². The summed E-state index contributed by atoms with van der Waals surface area (Å²) in [7, 11) is 0. The second-order valence-electron chi connectivity index (χ2n) is 7.34. The Morgan fingerprint density at radius 1 is 1.46 bits per heavy atom. The van der Waals surface area contributed by atoms with Crippen molar-refractivity contribution in [2.75, 3.05) is 0 Å². The molecular weight excluding hydrogens is 306 g/mol. The summed E-state index contributed by atoms with van der Waals surface area (Å²) in [5.41, 5.74) is 2.79. The summed E-state index contributed by atoms with van der Waals surface area (Å²) >= 11 is 0. The van der Waals surface area contributed by atoms with Crippen molar-refractivity contribution >= 4 is 12.1 Å². The lowest BCUT2D eigenvalue weighted by molar-refractivity contribution is -0.137. The van der Waals surface area contributed by atoms with Crippen LogP contribution in [0.15, 0.2) is 35.5 Å². The molecule has 0 radical (unpaired) electrons. The molecule has 5 nitrogen and oxygen atoms in total. The Morgan fingerprint density at radius 3 is 2.88 bits per heavy atom. The minimum absolute atomic E-state index is 0.0246. The fourth-order valence-electron chi connectivity index (χ4n) is 3.75. The number of hydrogen-bond acceptors (Lipinski definition) is 3. The molecule has 0 bridgehead atoms. The maximum absolute atomic E-state index is 11.8. The van der Waals surface area contributed by atoms with E-state index in [1.54, 1.807) is 0 Å². The van der Waals surface area contributed by atoms with Gasteiger partial charge in [0, 0.05) is 17.0 Å². The number of esters is 1. The first-order chi connectivity index (χ1) is 11.4. The third-order valence-electron chi connectivity index (χ3n) is 5.34. The highest BCUT2D eigenvalue weighted by atomic mass is 16.5. The molecule has 0 aromatic rings. The molecule has 0 unspecified atom stereocenters. The van der Waals surface area contributed by atoms with Crippen LogP contribution in [-0.2, 0) is 9.53 Å². The first kappa shape index (κ1) is 16.8. The first-order valence-electron chi connectivity index (χ1n) is 8.65. The molecule has 5 heteroatoms. The van der Waals surface area contributed by atoms with Crippen molar-refractivity contribution in [3.63, 3.8) is 0 Å². The topological polar surface area (TPSA) is 75.6 Å². The Labute approximate surface area is 142 Å². The Kier molecular flexibility index (Phi) is 4.52. The maximum atomic E-state index is 11.8. The predicted octanol–water partition coefficient (Wildman–Crippen LogP) is 3.72. The fraction of sp³-hybridized carbons (Fsp3) is 0.579. The second-order valence-corrected chi connectivity index (χ2v) is 7.34. The van der Waals surface area contributed by atoms with Gasteiger partial charge in [-0.15, -0.1) is 0 Å². The van der Waals surface area contributed by atoms with Crippen molar-refractivity contribution < 1.29 is 19.4 Å². The molecule has 0 aromatic heterocycles. The molecule has 2 fully saturated rings. The molecule has 1 heterocycles. The average Bonchev–Trinajstić information content (AvgIpc) is 3.18. The van der Waals surface area contributed by atoms with E-state index in [9.17, 15) is 9.59 Å². The van der Waals surface area contributed by atoms with Gasteiger partial charge in [-0.1, -0.05) is 23.8 Å². The number of carbonyl (C=O) groups excluding carboxylic acids is 1. The normalized spacial score (nSPS) is 29.0. The molecule has 2 aliphatic carbocycles. The summed E-state index contributed by atoms with van der Waals surface area (Å²) in [5, 5.41) is 11.7. The van der Waals surface area contributed by atoms with E-state index in [2.05, 4.69) is 31.0 Å². The van der Waals surface area contributed by atoms with Gasteiger partial charge in [0.25, 0.3) is 0 Å². The number of carboxylic acid groups (broad SMARTS) is 1. The summed E-state index contributed by atoms with van der Waals surface area (Å²) in [6, 6.07) is 0. The third kappa shape index (κ3) is 3.71. The molecule has 1 saturated carbocycles. The number of hydrogen-bond donors (Lipinski definition) is 2. The smallest absolute Gasteiger partial charge is 0.405 e. The lowest BCUT2D eigenvalue weighted by Gasteiger charge is -2.21. The number of fused-ring (bicyclic) bond motifs is 1. The summed E-state index contributed by atoms with van der Waals surface area (Å²) in [6.07, 6.45) is 9.26. The molecule has 1 saturated heterocycles. The van der Waals surface area contributed by atoms with Gasteiger partial charge in [0.1, 0.15) is 6.10 Å². The van der Waals surface area contributed by atoms with E-state index in [0.717, 1.165) is 44.9 Å². The maximum Gasteiger partial charge on any atom is 0.405 e. The monoisotopic (exact) mass is 331 g/mol. The number of amides is 1. The molecule has 3 rings (SSSR count).